The molecule has 0 aromatic heterocycles. The van der Waals surface area contributed by atoms with Crippen molar-refractivity contribution in [1.29, 1.82) is 0 Å². The number of aliphatic imine (C=N–C) groups is 1. The van der Waals surface area contributed by atoms with Gasteiger partial charge in [-0.1, -0.05) is 11.6 Å². The van der Waals surface area contributed by atoms with Crippen molar-refractivity contribution in [3.05, 3.63) is 11.6 Å². The average molecular weight is 462 g/mol. The zero-order valence-corrected chi connectivity index (χ0v) is 18.2. The highest BCUT2D eigenvalue weighted by Crippen LogP contribution is 2.22. The summed E-state index contributed by atoms with van der Waals surface area (Å²) in [5.41, 5.74) is 6.71. The lowest BCUT2D eigenvalue weighted by Gasteiger charge is -2.35. The van der Waals surface area contributed by atoms with E-state index < -0.39 is 48.6 Å². The van der Waals surface area contributed by atoms with Gasteiger partial charge in [0, 0.05) is 13.1 Å². The molecule has 0 aromatic rings. The fraction of sp³-hybridized carbons (Fsp3) is 0.800. The van der Waals surface area contributed by atoms with Crippen molar-refractivity contribution >= 4 is 11.9 Å². The van der Waals surface area contributed by atoms with Gasteiger partial charge in [0.25, 0.3) is 0 Å². The minimum Gasteiger partial charge on any atom is -0.481 e. The lowest BCUT2D eigenvalue weighted by molar-refractivity contribution is -0.270. The van der Waals surface area contributed by atoms with Gasteiger partial charge in [0.2, 0.25) is 0 Å². The van der Waals surface area contributed by atoms with Crippen LogP contribution in [0.25, 0.3) is 0 Å². The van der Waals surface area contributed by atoms with Gasteiger partial charge in [-0.3, -0.25) is 4.79 Å². The first-order chi connectivity index (χ1) is 15.1. The molecule has 2 aliphatic heterocycles. The Hall–Kier alpha value is -1.80. The fourth-order valence-corrected chi connectivity index (χ4v) is 3.64. The second-order valence-electron chi connectivity index (χ2n) is 8.25. The number of allylic oxidation sites excluding steroid dienone is 1. The molecule has 0 unspecified atom stereocenters. The van der Waals surface area contributed by atoms with E-state index in [0.29, 0.717) is 12.8 Å². The molecule has 0 spiro atoms. The zero-order chi connectivity index (χ0) is 23.8. The molecule has 2 aliphatic rings. The maximum absolute atomic E-state index is 11.7. The number of guanidine groups is 1. The normalized spacial score (nSPS) is 30.8. The molecule has 0 amide bonds. The molecule has 32 heavy (non-hydrogen) atoms. The van der Waals surface area contributed by atoms with E-state index in [1.165, 1.54) is 0 Å². The third-order valence-corrected chi connectivity index (χ3v) is 5.65. The molecular formula is C20H35N3O9. The van der Waals surface area contributed by atoms with E-state index in [9.17, 15) is 30.3 Å². The summed E-state index contributed by atoms with van der Waals surface area (Å²) in [4.78, 5) is 17.6. The minimum absolute atomic E-state index is 0.0221. The van der Waals surface area contributed by atoms with Crippen LogP contribution in [0.5, 0.6) is 0 Å². The van der Waals surface area contributed by atoms with Crippen molar-refractivity contribution < 1.29 is 44.9 Å². The van der Waals surface area contributed by atoms with Crippen molar-refractivity contribution in [3.63, 3.8) is 0 Å². The molecule has 2 heterocycles. The minimum atomic E-state index is -1.40. The van der Waals surface area contributed by atoms with E-state index in [0.717, 1.165) is 5.57 Å². The van der Waals surface area contributed by atoms with Gasteiger partial charge in [0.15, 0.2) is 12.2 Å². The van der Waals surface area contributed by atoms with E-state index in [1.54, 1.807) is 17.9 Å². The molecule has 0 bridgehead atoms. The highest BCUT2D eigenvalue weighted by molar-refractivity contribution is 5.81. The average Bonchev–Trinajstić information content (AvgIpc) is 3.10. The number of aliphatic carboxylic acids is 1. The van der Waals surface area contributed by atoms with Gasteiger partial charge in [-0.25, -0.2) is 4.99 Å². The highest BCUT2D eigenvalue weighted by atomic mass is 16.7. The molecule has 0 radical (unpaired) electrons. The van der Waals surface area contributed by atoms with Crippen LogP contribution in [0.4, 0.5) is 0 Å². The quantitative estimate of drug-likeness (QED) is 0.153. The van der Waals surface area contributed by atoms with E-state index >= 15 is 0 Å². The number of rotatable bonds is 12. The topological polar surface area (TPSA) is 199 Å². The molecule has 184 valence electrons. The second-order valence-corrected chi connectivity index (χ2v) is 8.25. The Morgan fingerprint density at radius 1 is 1.34 bits per heavy atom. The van der Waals surface area contributed by atoms with Gasteiger partial charge < -0.3 is 50.7 Å². The van der Waals surface area contributed by atoms with E-state index in [2.05, 4.69) is 4.99 Å². The Bertz CT molecular complexity index is 675. The number of carboxylic acid groups (broad SMARTS) is 1. The van der Waals surface area contributed by atoms with Crippen molar-refractivity contribution in [2.75, 3.05) is 32.9 Å². The Labute approximate surface area is 186 Å². The molecule has 0 saturated carbocycles. The third-order valence-electron chi connectivity index (χ3n) is 5.65. The molecule has 1 saturated heterocycles. The van der Waals surface area contributed by atoms with Crippen LogP contribution in [0.15, 0.2) is 16.6 Å². The van der Waals surface area contributed by atoms with Crippen molar-refractivity contribution in [3.8, 4) is 0 Å². The molecule has 7 atom stereocenters. The Balaban J connectivity index is 1.78. The fourth-order valence-electron chi connectivity index (χ4n) is 3.64. The van der Waals surface area contributed by atoms with Crippen LogP contribution in [0.2, 0.25) is 0 Å². The van der Waals surface area contributed by atoms with Crippen LogP contribution in [0, 0.1) is 5.92 Å². The summed E-state index contributed by atoms with van der Waals surface area (Å²) in [6, 6.07) is -0.544. The van der Waals surface area contributed by atoms with Crippen LogP contribution >= 0.6 is 0 Å². The van der Waals surface area contributed by atoms with Gasteiger partial charge in [0.1, 0.15) is 18.3 Å². The Morgan fingerprint density at radius 2 is 2.06 bits per heavy atom. The number of nitrogens with two attached hydrogens (primary N) is 1. The summed E-state index contributed by atoms with van der Waals surface area (Å²) in [5, 5.41) is 57.8. The lowest BCUT2D eigenvalue weighted by Crippen LogP contribution is -2.53. The van der Waals surface area contributed by atoms with Gasteiger partial charge in [-0.15, -0.1) is 0 Å². The molecule has 0 aromatic carbocycles. The summed E-state index contributed by atoms with van der Waals surface area (Å²) in [7, 11) is 0. The van der Waals surface area contributed by atoms with Gasteiger partial charge >= 0.3 is 5.97 Å². The number of aliphatic hydroxyl groups excluding tert-OH is 5. The maximum Gasteiger partial charge on any atom is 0.308 e. The number of β-amino-alcohol motifs (C(OH)–C–C–N with tert-alkyl or cyclic N) is 1. The predicted octanol–water partition coefficient (Wildman–Crippen LogP) is -2.39. The van der Waals surface area contributed by atoms with Crippen LogP contribution < -0.4 is 5.73 Å². The summed E-state index contributed by atoms with van der Waals surface area (Å²) in [6.45, 7) is 1.93. The number of hydrogen-bond donors (Lipinski definition) is 7. The van der Waals surface area contributed by atoms with Gasteiger partial charge in [-0.2, -0.15) is 0 Å². The molecule has 1 fully saturated rings. The van der Waals surface area contributed by atoms with E-state index in [-0.39, 0.29) is 45.3 Å². The third kappa shape index (κ3) is 7.37. The second kappa shape index (κ2) is 12.4. The molecule has 2 rings (SSSR count). The summed E-state index contributed by atoms with van der Waals surface area (Å²) >= 11 is 0. The molecular weight excluding hydrogens is 426 g/mol. The first kappa shape index (κ1) is 26.5. The first-order valence-electron chi connectivity index (χ1n) is 10.7. The first-order valence-corrected chi connectivity index (χ1v) is 10.7. The number of aliphatic hydroxyl groups is 5. The lowest BCUT2D eigenvalue weighted by atomic mass is 9.94. The summed E-state index contributed by atoms with van der Waals surface area (Å²) in [6.07, 6.45) is -3.12. The van der Waals surface area contributed by atoms with Crippen LogP contribution in [0.3, 0.4) is 0 Å². The van der Waals surface area contributed by atoms with Crippen LogP contribution in [0.1, 0.15) is 26.2 Å². The molecule has 8 N–H and O–H groups in total. The summed E-state index contributed by atoms with van der Waals surface area (Å²) < 4.78 is 10.5. The monoisotopic (exact) mass is 461 g/mol. The maximum atomic E-state index is 11.7. The summed E-state index contributed by atoms with van der Waals surface area (Å²) in [5.74, 6) is -1.56. The Morgan fingerprint density at radius 3 is 2.72 bits per heavy atom. The number of carboxylic acids is 1. The standard InChI is InChI=1S/C20H35N3O9/c1-11(9-24)3-2-4-13(18(29)30)14-8-23(20(21)22-14)7-12(25)5-6-31-19-17(28)16(27)15(26)10-32-19/h3,12-17,19,24-28H,2,4-10H2,1H3,(H2,21,22)(H,29,30)/b11-3-/t12-,13-,14+,15-,16+,17-,19+/m1/s1. The molecule has 12 nitrogen and oxygen atoms in total. The van der Waals surface area contributed by atoms with Gasteiger partial charge in [0.05, 0.1) is 37.9 Å². The molecule has 12 heteroatoms. The number of hydrogen-bond acceptors (Lipinski definition) is 11. The predicted molar refractivity (Wildman–Crippen MR) is 113 cm³/mol. The van der Waals surface area contributed by atoms with Crippen LogP contribution in [-0.2, 0) is 14.3 Å². The van der Waals surface area contributed by atoms with E-state index in [1.807, 2.05) is 0 Å². The highest BCUT2D eigenvalue weighted by Gasteiger charge is 2.38. The number of nitrogens with zero attached hydrogens (tertiary/aromatic N) is 2. The Kier molecular flexibility index (Phi) is 10.3. The van der Waals surface area contributed by atoms with Crippen molar-refractivity contribution in [1.82, 2.24) is 4.90 Å². The van der Waals surface area contributed by atoms with Crippen LogP contribution in [-0.4, -0.2) is 117 Å². The van der Waals surface area contributed by atoms with Crippen molar-refractivity contribution in [2.45, 2.75) is 62.9 Å². The molecule has 0 aliphatic carbocycles. The smallest absolute Gasteiger partial charge is 0.308 e. The zero-order valence-electron chi connectivity index (χ0n) is 18.2. The number of carbonyl (C=O) groups is 1. The number of ether oxygens (including phenoxy) is 2. The van der Waals surface area contributed by atoms with E-state index in [4.69, 9.17) is 20.3 Å². The van der Waals surface area contributed by atoms with Gasteiger partial charge in [-0.05, 0) is 26.2 Å². The largest absolute Gasteiger partial charge is 0.481 e. The van der Waals surface area contributed by atoms with Crippen molar-refractivity contribution in [2.24, 2.45) is 16.6 Å². The SMILES string of the molecule is C/C(=C/CC[C@@H](C(=O)O)[C@@H]1CN(C[C@H](O)CCO[C@H]2OC[C@@H](O)[C@H](O)[C@H]2O)C(N)=N1)CO.